The number of nitro benzene ring substituents is 1. The lowest BCUT2D eigenvalue weighted by Gasteiger charge is -2.27. The van der Waals surface area contributed by atoms with E-state index in [0.717, 1.165) is 11.6 Å². The van der Waals surface area contributed by atoms with Crippen molar-refractivity contribution in [1.82, 2.24) is 9.62 Å². The summed E-state index contributed by atoms with van der Waals surface area (Å²) in [6.07, 6.45) is 0. The smallest absolute Gasteiger partial charge is 0.271 e. The quantitative estimate of drug-likeness (QED) is 0.589. The van der Waals surface area contributed by atoms with Gasteiger partial charge in [0.2, 0.25) is 10.0 Å². The van der Waals surface area contributed by atoms with Gasteiger partial charge in [-0.1, -0.05) is 32.9 Å². The van der Waals surface area contributed by atoms with Crippen LogP contribution in [0.5, 0.6) is 11.5 Å². The lowest BCUT2D eigenvalue weighted by molar-refractivity contribution is -0.385. The van der Waals surface area contributed by atoms with E-state index in [0.29, 0.717) is 31.9 Å². The molecule has 156 valence electrons. The summed E-state index contributed by atoms with van der Waals surface area (Å²) in [5, 5.41) is 14.3. The number of nitro groups is 1. The number of nitrogens with zero attached hydrogens (tertiary/aromatic N) is 2. The largest absolute Gasteiger partial charge is 0.456 e. The summed E-state index contributed by atoms with van der Waals surface area (Å²) < 4.78 is 33.6. The maximum absolute atomic E-state index is 13.2. The maximum Gasteiger partial charge on any atom is 0.271 e. The molecule has 8 nitrogen and oxygen atoms in total. The highest BCUT2D eigenvalue weighted by molar-refractivity contribution is 7.89. The van der Waals surface area contributed by atoms with E-state index in [1.54, 1.807) is 6.07 Å². The zero-order valence-electron chi connectivity index (χ0n) is 16.7. The second-order valence-corrected chi connectivity index (χ2v) is 9.83. The molecule has 1 fully saturated rings. The van der Waals surface area contributed by atoms with Crippen LogP contribution in [0.4, 0.5) is 5.69 Å². The lowest BCUT2D eigenvalue weighted by atomic mass is 9.87. The first-order valence-corrected chi connectivity index (χ1v) is 10.8. The SMILES string of the molecule is CC(C)(C)c1cccc(Oc2ccc([N+](=O)[O-])cc2S(=O)(=O)N2CCNCC2)c1. The van der Waals surface area contributed by atoms with Crippen molar-refractivity contribution in [3.63, 3.8) is 0 Å². The van der Waals surface area contributed by atoms with Gasteiger partial charge in [0, 0.05) is 38.3 Å². The minimum absolute atomic E-state index is 0.0696. The van der Waals surface area contributed by atoms with Gasteiger partial charge in [0.05, 0.1) is 4.92 Å². The van der Waals surface area contributed by atoms with Crippen molar-refractivity contribution in [2.45, 2.75) is 31.1 Å². The molecule has 29 heavy (non-hydrogen) atoms. The van der Waals surface area contributed by atoms with Crippen LogP contribution in [-0.2, 0) is 15.4 Å². The van der Waals surface area contributed by atoms with E-state index in [1.165, 1.54) is 16.4 Å². The van der Waals surface area contributed by atoms with Crippen LogP contribution >= 0.6 is 0 Å². The summed E-state index contributed by atoms with van der Waals surface area (Å²) in [6.45, 7) is 7.85. The van der Waals surface area contributed by atoms with Gasteiger partial charge in [-0.05, 0) is 29.2 Å². The predicted octanol–water partition coefficient (Wildman–Crippen LogP) is 3.28. The van der Waals surface area contributed by atoms with Crippen LogP contribution in [0.25, 0.3) is 0 Å². The molecule has 3 rings (SSSR count). The fourth-order valence-electron chi connectivity index (χ4n) is 3.07. The molecule has 0 aliphatic carbocycles. The normalized spacial score (nSPS) is 15.8. The summed E-state index contributed by atoms with van der Waals surface area (Å²) >= 11 is 0. The van der Waals surface area contributed by atoms with E-state index >= 15 is 0 Å². The molecule has 1 heterocycles. The summed E-state index contributed by atoms with van der Waals surface area (Å²) in [5.41, 5.74) is 0.628. The molecule has 1 aliphatic heterocycles. The molecule has 9 heteroatoms. The van der Waals surface area contributed by atoms with Crippen LogP contribution in [0.3, 0.4) is 0 Å². The number of non-ortho nitro benzene ring substituents is 1. The Kier molecular flexibility index (Phi) is 5.92. The first-order chi connectivity index (χ1) is 13.6. The Labute approximate surface area is 170 Å². The number of sulfonamides is 1. The molecule has 1 saturated heterocycles. The molecule has 0 bridgehead atoms. The van der Waals surface area contributed by atoms with Crippen molar-refractivity contribution in [2.24, 2.45) is 0 Å². The van der Waals surface area contributed by atoms with Crippen LogP contribution < -0.4 is 10.1 Å². The molecular weight excluding hydrogens is 394 g/mol. The summed E-state index contributed by atoms with van der Waals surface area (Å²) in [6, 6.07) is 11.1. The first kappa shape index (κ1) is 21.2. The zero-order chi connectivity index (χ0) is 21.2. The number of piperazine rings is 1. The summed E-state index contributed by atoms with van der Waals surface area (Å²) in [7, 11) is -3.94. The number of rotatable bonds is 5. The monoisotopic (exact) mass is 419 g/mol. The Morgan fingerprint density at radius 3 is 2.41 bits per heavy atom. The van der Waals surface area contributed by atoms with E-state index in [1.807, 2.05) is 18.2 Å². The molecular formula is C20H25N3O5S. The minimum atomic E-state index is -3.94. The number of hydrogen-bond acceptors (Lipinski definition) is 6. The van der Waals surface area contributed by atoms with Crippen LogP contribution in [0.1, 0.15) is 26.3 Å². The highest BCUT2D eigenvalue weighted by Gasteiger charge is 2.31. The standard InChI is InChI=1S/C20H25N3O5S/c1-20(2,3)15-5-4-6-17(13-15)28-18-8-7-16(23(24)25)14-19(18)29(26,27)22-11-9-21-10-12-22/h4-8,13-14,21H,9-12H2,1-3H3. The van der Waals surface area contributed by atoms with E-state index < -0.39 is 14.9 Å². The predicted molar refractivity (Wildman–Crippen MR) is 110 cm³/mol. The first-order valence-electron chi connectivity index (χ1n) is 9.37. The third-order valence-corrected chi connectivity index (χ3v) is 6.68. The van der Waals surface area contributed by atoms with Crippen LogP contribution in [-0.4, -0.2) is 43.8 Å². The van der Waals surface area contributed by atoms with Crippen LogP contribution in [0.2, 0.25) is 0 Å². The number of ether oxygens (including phenoxy) is 1. The van der Waals surface area contributed by atoms with E-state index in [9.17, 15) is 18.5 Å². The molecule has 0 spiro atoms. The van der Waals surface area contributed by atoms with Gasteiger partial charge in [0.1, 0.15) is 16.4 Å². The third kappa shape index (κ3) is 4.75. The Morgan fingerprint density at radius 2 is 1.79 bits per heavy atom. The Balaban J connectivity index is 2.04. The average Bonchev–Trinajstić information content (AvgIpc) is 2.68. The van der Waals surface area contributed by atoms with Gasteiger partial charge in [-0.2, -0.15) is 4.31 Å². The fourth-order valence-corrected chi connectivity index (χ4v) is 4.65. The van der Waals surface area contributed by atoms with Gasteiger partial charge in [-0.15, -0.1) is 0 Å². The molecule has 0 amide bonds. The molecule has 0 radical (unpaired) electrons. The summed E-state index contributed by atoms with van der Waals surface area (Å²) in [4.78, 5) is 10.4. The van der Waals surface area contributed by atoms with Crippen molar-refractivity contribution in [2.75, 3.05) is 26.2 Å². The zero-order valence-corrected chi connectivity index (χ0v) is 17.5. The molecule has 1 aliphatic rings. The fraction of sp³-hybridized carbons (Fsp3) is 0.400. The van der Waals surface area contributed by atoms with Gasteiger partial charge in [0.15, 0.2) is 0 Å². The van der Waals surface area contributed by atoms with Crippen molar-refractivity contribution in [1.29, 1.82) is 0 Å². The number of benzene rings is 2. The molecule has 2 aromatic rings. The van der Waals surface area contributed by atoms with E-state index in [-0.39, 0.29) is 21.7 Å². The molecule has 0 saturated carbocycles. The minimum Gasteiger partial charge on any atom is -0.456 e. The summed E-state index contributed by atoms with van der Waals surface area (Å²) in [5.74, 6) is 0.545. The highest BCUT2D eigenvalue weighted by Crippen LogP contribution is 2.35. The molecule has 1 N–H and O–H groups in total. The molecule has 0 aromatic heterocycles. The third-order valence-electron chi connectivity index (χ3n) is 4.76. The van der Waals surface area contributed by atoms with Gasteiger partial charge in [-0.25, -0.2) is 8.42 Å². The molecule has 2 aromatic carbocycles. The topological polar surface area (TPSA) is 102 Å². The molecule has 0 unspecified atom stereocenters. The second kappa shape index (κ2) is 8.10. The highest BCUT2D eigenvalue weighted by atomic mass is 32.2. The van der Waals surface area contributed by atoms with Crippen molar-refractivity contribution >= 4 is 15.7 Å². The van der Waals surface area contributed by atoms with Crippen molar-refractivity contribution < 1.29 is 18.1 Å². The van der Waals surface area contributed by atoms with Crippen LogP contribution in [0, 0.1) is 10.1 Å². The van der Waals surface area contributed by atoms with Crippen molar-refractivity contribution in [3.8, 4) is 11.5 Å². The van der Waals surface area contributed by atoms with Gasteiger partial charge < -0.3 is 10.1 Å². The average molecular weight is 420 g/mol. The van der Waals surface area contributed by atoms with Crippen LogP contribution in [0.15, 0.2) is 47.4 Å². The van der Waals surface area contributed by atoms with Crippen molar-refractivity contribution in [3.05, 3.63) is 58.1 Å². The lowest BCUT2D eigenvalue weighted by Crippen LogP contribution is -2.46. The Bertz CT molecular complexity index is 1010. The Hall–Kier alpha value is -2.49. The maximum atomic E-state index is 13.2. The van der Waals surface area contributed by atoms with E-state index in [2.05, 4.69) is 26.1 Å². The second-order valence-electron chi connectivity index (χ2n) is 7.92. The van der Waals surface area contributed by atoms with Gasteiger partial charge >= 0.3 is 0 Å². The molecule has 0 atom stereocenters. The van der Waals surface area contributed by atoms with Gasteiger partial charge in [-0.3, -0.25) is 10.1 Å². The Morgan fingerprint density at radius 1 is 1.10 bits per heavy atom. The van der Waals surface area contributed by atoms with Gasteiger partial charge in [0.25, 0.3) is 5.69 Å². The number of hydrogen-bond donors (Lipinski definition) is 1. The van der Waals surface area contributed by atoms with E-state index in [4.69, 9.17) is 4.74 Å². The number of nitrogens with one attached hydrogen (secondary N) is 1.